The monoisotopic (exact) mass is 280 g/mol. The summed E-state index contributed by atoms with van der Waals surface area (Å²) in [6.45, 7) is 6.85. The Morgan fingerprint density at radius 2 is 2.35 bits per heavy atom. The molecule has 0 unspecified atom stereocenters. The van der Waals surface area contributed by atoms with Crippen LogP contribution in [-0.2, 0) is 9.53 Å². The molecule has 1 saturated heterocycles. The Bertz CT molecular complexity index is 442. The Labute approximate surface area is 119 Å². The fourth-order valence-corrected chi connectivity index (χ4v) is 2.44. The van der Waals surface area contributed by atoms with Crippen molar-refractivity contribution in [1.29, 1.82) is 0 Å². The first-order chi connectivity index (χ1) is 9.60. The van der Waals surface area contributed by atoms with Crippen LogP contribution in [0.4, 0.5) is 5.95 Å². The van der Waals surface area contributed by atoms with Gasteiger partial charge in [0.05, 0.1) is 6.10 Å². The van der Waals surface area contributed by atoms with Gasteiger partial charge in [-0.3, -0.25) is 15.2 Å². The number of nitrogens with zero attached hydrogens (tertiary/aromatic N) is 2. The van der Waals surface area contributed by atoms with E-state index in [2.05, 4.69) is 27.4 Å². The Morgan fingerprint density at radius 3 is 3.00 bits per heavy atom. The molecule has 0 radical (unpaired) electrons. The van der Waals surface area contributed by atoms with Gasteiger partial charge in [-0.15, -0.1) is 5.10 Å². The molecule has 1 aromatic rings. The third kappa shape index (κ3) is 3.79. The van der Waals surface area contributed by atoms with Crippen molar-refractivity contribution < 1.29 is 9.53 Å². The molecule has 6 nitrogen and oxygen atoms in total. The van der Waals surface area contributed by atoms with Crippen molar-refractivity contribution in [3.8, 4) is 0 Å². The second-order valence-corrected chi connectivity index (χ2v) is 5.69. The van der Waals surface area contributed by atoms with Crippen LogP contribution in [-0.4, -0.2) is 33.8 Å². The molecule has 1 aliphatic rings. The second kappa shape index (κ2) is 6.83. The molecule has 1 fully saturated rings. The van der Waals surface area contributed by atoms with E-state index < -0.39 is 0 Å². The number of carbonyl (C=O) groups excluding carboxylic acids is 1. The number of aromatic nitrogens is 3. The molecule has 0 bridgehead atoms. The molecule has 112 valence electrons. The predicted molar refractivity (Wildman–Crippen MR) is 76.5 cm³/mol. The molecular weight excluding hydrogens is 256 g/mol. The Kier molecular flexibility index (Phi) is 5.11. The lowest BCUT2D eigenvalue weighted by Crippen LogP contribution is -2.33. The van der Waals surface area contributed by atoms with Crippen LogP contribution in [0.3, 0.4) is 0 Å². The predicted octanol–water partition coefficient (Wildman–Crippen LogP) is 2.46. The maximum atomic E-state index is 12.2. The van der Waals surface area contributed by atoms with Crippen molar-refractivity contribution in [1.82, 2.24) is 15.2 Å². The summed E-state index contributed by atoms with van der Waals surface area (Å²) in [7, 11) is 0. The quantitative estimate of drug-likeness (QED) is 0.868. The van der Waals surface area contributed by atoms with Crippen molar-refractivity contribution in [3.05, 3.63) is 5.82 Å². The Hall–Kier alpha value is -1.43. The zero-order valence-electron chi connectivity index (χ0n) is 12.5. The van der Waals surface area contributed by atoms with Crippen molar-refractivity contribution >= 4 is 11.9 Å². The third-order valence-corrected chi connectivity index (χ3v) is 3.63. The topological polar surface area (TPSA) is 79.9 Å². The highest BCUT2D eigenvalue weighted by molar-refractivity contribution is 5.90. The normalized spacial score (nSPS) is 23.0. The first-order valence-corrected chi connectivity index (χ1v) is 7.45. The van der Waals surface area contributed by atoms with Gasteiger partial charge >= 0.3 is 0 Å². The summed E-state index contributed by atoms with van der Waals surface area (Å²) in [6.07, 6.45) is 3.87. The summed E-state index contributed by atoms with van der Waals surface area (Å²) < 4.78 is 5.67. The zero-order chi connectivity index (χ0) is 14.5. The maximum absolute atomic E-state index is 12.2. The van der Waals surface area contributed by atoms with Gasteiger partial charge in [0.25, 0.3) is 0 Å². The molecule has 2 atom stereocenters. The van der Waals surface area contributed by atoms with Gasteiger partial charge in [-0.2, -0.15) is 4.98 Å². The van der Waals surface area contributed by atoms with Crippen molar-refractivity contribution in [3.63, 3.8) is 0 Å². The van der Waals surface area contributed by atoms with E-state index in [1.165, 1.54) is 0 Å². The summed E-state index contributed by atoms with van der Waals surface area (Å²) >= 11 is 0. The summed E-state index contributed by atoms with van der Waals surface area (Å²) in [4.78, 5) is 16.5. The molecule has 2 heterocycles. The van der Waals surface area contributed by atoms with E-state index in [0.717, 1.165) is 31.5 Å². The van der Waals surface area contributed by atoms with Crippen LogP contribution >= 0.6 is 0 Å². The van der Waals surface area contributed by atoms with E-state index in [4.69, 9.17) is 4.74 Å². The lowest BCUT2D eigenvalue weighted by atomic mass is 9.93. The van der Waals surface area contributed by atoms with Crippen molar-refractivity contribution in [2.75, 3.05) is 11.9 Å². The molecule has 0 saturated carbocycles. The zero-order valence-corrected chi connectivity index (χ0v) is 12.5. The van der Waals surface area contributed by atoms with E-state index in [9.17, 15) is 4.79 Å². The smallest absolute Gasteiger partial charge is 0.248 e. The molecule has 1 aliphatic heterocycles. The van der Waals surface area contributed by atoms with Gasteiger partial charge in [0.2, 0.25) is 11.9 Å². The highest BCUT2D eigenvalue weighted by atomic mass is 16.5. The average Bonchev–Trinajstić information content (AvgIpc) is 2.88. The van der Waals surface area contributed by atoms with Crippen LogP contribution in [0.1, 0.15) is 58.2 Å². The summed E-state index contributed by atoms with van der Waals surface area (Å²) in [5.74, 6) is 1.43. The number of hydrogen-bond acceptors (Lipinski definition) is 4. The second-order valence-electron chi connectivity index (χ2n) is 5.69. The SMILES string of the molecule is CCC[C@@H]1C[C@@H](C(=O)Nc2n[nH]c(C(C)C)n2)CCO1. The van der Waals surface area contributed by atoms with Crippen LogP contribution in [0.5, 0.6) is 0 Å². The minimum absolute atomic E-state index is 0.00120. The number of carbonyl (C=O) groups is 1. The lowest BCUT2D eigenvalue weighted by molar-refractivity contribution is -0.125. The van der Waals surface area contributed by atoms with E-state index in [1.807, 2.05) is 13.8 Å². The number of rotatable bonds is 5. The molecule has 0 spiro atoms. The number of aromatic amines is 1. The largest absolute Gasteiger partial charge is 0.378 e. The average molecular weight is 280 g/mol. The van der Waals surface area contributed by atoms with Gasteiger partial charge in [0, 0.05) is 18.4 Å². The highest BCUT2D eigenvalue weighted by Crippen LogP contribution is 2.24. The van der Waals surface area contributed by atoms with Crippen LogP contribution < -0.4 is 5.32 Å². The molecule has 6 heteroatoms. The summed E-state index contributed by atoms with van der Waals surface area (Å²) in [5.41, 5.74) is 0. The van der Waals surface area contributed by atoms with Crippen molar-refractivity contribution in [2.45, 2.75) is 58.5 Å². The number of amides is 1. The van der Waals surface area contributed by atoms with Crippen molar-refractivity contribution in [2.24, 2.45) is 5.92 Å². The molecule has 1 amide bonds. The fraction of sp³-hybridized carbons (Fsp3) is 0.786. The van der Waals surface area contributed by atoms with Gasteiger partial charge in [-0.1, -0.05) is 27.2 Å². The highest BCUT2D eigenvalue weighted by Gasteiger charge is 2.28. The maximum Gasteiger partial charge on any atom is 0.248 e. The first-order valence-electron chi connectivity index (χ1n) is 7.45. The molecule has 1 aromatic heterocycles. The van der Waals surface area contributed by atoms with Crippen LogP contribution in [0.15, 0.2) is 0 Å². The molecule has 2 N–H and O–H groups in total. The molecule has 0 aliphatic carbocycles. The van der Waals surface area contributed by atoms with E-state index >= 15 is 0 Å². The van der Waals surface area contributed by atoms with E-state index in [-0.39, 0.29) is 23.8 Å². The number of anilines is 1. The molecule has 2 rings (SSSR count). The van der Waals surface area contributed by atoms with Crippen LogP contribution in [0.25, 0.3) is 0 Å². The van der Waals surface area contributed by atoms with Gasteiger partial charge in [0.1, 0.15) is 5.82 Å². The van der Waals surface area contributed by atoms with Crippen LogP contribution in [0.2, 0.25) is 0 Å². The molecule has 0 aromatic carbocycles. The summed E-state index contributed by atoms with van der Waals surface area (Å²) in [6, 6.07) is 0. The van der Waals surface area contributed by atoms with E-state index in [0.29, 0.717) is 12.6 Å². The standard InChI is InChI=1S/C14H24N4O2/c1-4-5-11-8-10(6-7-20-11)13(19)16-14-15-12(9(2)3)17-18-14/h9-11H,4-8H2,1-3H3,(H2,15,16,17,18,19)/t10-,11+/m0/s1. The first kappa shape index (κ1) is 15.0. The van der Waals surface area contributed by atoms with E-state index in [1.54, 1.807) is 0 Å². The van der Waals surface area contributed by atoms with Gasteiger partial charge in [0.15, 0.2) is 0 Å². The number of hydrogen-bond donors (Lipinski definition) is 2. The fourth-order valence-electron chi connectivity index (χ4n) is 2.44. The summed E-state index contributed by atoms with van der Waals surface area (Å²) in [5, 5.41) is 9.67. The Balaban J connectivity index is 1.90. The number of nitrogens with one attached hydrogen (secondary N) is 2. The van der Waals surface area contributed by atoms with Gasteiger partial charge < -0.3 is 4.74 Å². The van der Waals surface area contributed by atoms with Crippen LogP contribution in [0, 0.1) is 5.92 Å². The third-order valence-electron chi connectivity index (χ3n) is 3.63. The minimum Gasteiger partial charge on any atom is -0.378 e. The molecular formula is C14H24N4O2. The molecule has 20 heavy (non-hydrogen) atoms. The lowest BCUT2D eigenvalue weighted by Gasteiger charge is -2.28. The number of ether oxygens (including phenoxy) is 1. The van der Waals surface area contributed by atoms with Gasteiger partial charge in [-0.05, 0) is 19.3 Å². The minimum atomic E-state index is 0.00120. The van der Waals surface area contributed by atoms with Gasteiger partial charge in [-0.25, -0.2) is 0 Å². The number of H-pyrrole nitrogens is 1. The Morgan fingerprint density at radius 1 is 1.55 bits per heavy atom.